The van der Waals surface area contributed by atoms with Gasteiger partial charge in [0.1, 0.15) is 6.61 Å². The van der Waals surface area contributed by atoms with Crippen LogP contribution in [0.25, 0.3) is 0 Å². The summed E-state index contributed by atoms with van der Waals surface area (Å²) in [7, 11) is 1.61. The standard InChI is InChI=1S/C24H27NO5/c1-28-21-12-11-18(14-22(21)30-20-9-5-6-10-20)15-23(26)25-19(16-29-24(25)27)13-17-7-3-2-4-8-17/h2-4,7-8,11-12,14,19-20H,5-6,9-10,13,15-16H2,1H3. The Labute approximate surface area is 176 Å². The van der Waals surface area contributed by atoms with Crippen LogP contribution in [0.2, 0.25) is 0 Å². The summed E-state index contributed by atoms with van der Waals surface area (Å²) in [5, 5.41) is 0. The zero-order valence-corrected chi connectivity index (χ0v) is 17.2. The topological polar surface area (TPSA) is 65.1 Å². The van der Waals surface area contributed by atoms with E-state index in [4.69, 9.17) is 14.2 Å². The molecule has 1 aliphatic heterocycles. The van der Waals surface area contributed by atoms with E-state index < -0.39 is 6.09 Å². The summed E-state index contributed by atoms with van der Waals surface area (Å²) in [5.74, 6) is 1.04. The van der Waals surface area contributed by atoms with E-state index in [9.17, 15) is 9.59 Å². The van der Waals surface area contributed by atoms with Gasteiger partial charge in [-0.1, -0.05) is 36.4 Å². The average Bonchev–Trinajstić information content (AvgIpc) is 3.39. The second kappa shape index (κ2) is 9.20. The highest BCUT2D eigenvalue weighted by atomic mass is 16.6. The van der Waals surface area contributed by atoms with Crippen LogP contribution in [-0.2, 0) is 22.4 Å². The number of imide groups is 1. The third-order valence-corrected chi connectivity index (χ3v) is 5.72. The maximum atomic E-state index is 13.0. The Kier molecular flexibility index (Phi) is 6.21. The maximum absolute atomic E-state index is 13.0. The van der Waals surface area contributed by atoms with Gasteiger partial charge in [-0.25, -0.2) is 9.69 Å². The van der Waals surface area contributed by atoms with Gasteiger partial charge in [0.05, 0.1) is 25.7 Å². The molecule has 4 rings (SSSR count). The van der Waals surface area contributed by atoms with Gasteiger partial charge in [-0.3, -0.25) is 4.79 Å². The number of methoxy groups -OCH3 is 1. The van der Waals surface area contributed by atoms with Crippen LogP contribution < -0.4 is 9.47 Å². The lowest BCUT2D eigenvalue weighted by Crippen LogP contribution is -2.41. The van der Waals surface area contributed by atoms with Gasteiger partial charge in [0.2, 0.25) is 5.91 Å². The molecule has 6 nitrogen and oxygen atoms in total. The number of carbonyl (C=O) groups is 2. The van der Waals surface area contributed by atoms with Crippen molar-refractivity contribution < 1.29 is 23.8 Å². The molecule has 0 N–H and O–H groups in total. The first-order valence-electron chi connectivity index (χ1n) is 10.5. The molecular weight excluding hydrogens is 382 g/mol. The Morgan fingerprint density at radius 2 is 1.83 bits per heavy atom. The summed E-state index contributed by atoms with van der Waals surface area (Å²) >= 11 is 0. The molecule has 2 aromatic carbocycles. The number of rotatable bonds is 7. The van der Waals surface area contributed by atoms with Gasteiger partial charge in [0.15, 0.2) is 11.5 Å². The van der Waals surface area contributed by atoms with Crippen LogP contribution in [-0.4, -0.2) is 42.8 Å². The van der Waals surface area contributed by atoms with Crippen molar-refractivity contribution in [3.05, 3.63) is 59.7 Å². The molecule has 158 valence electrons. The van der Waals surface area contributed by atoms with Gasteiger partial charge >= 0.3 is 6.09 Å². The molecule has 0 aromatic heterocycles. The van der Waals surface area contributed by atoms with Crippen LogP contribution in [0.4, 0.5) is 4.79 Å². The molecule has 1 saturated carbocycles. The van der Waals surface area contributed by atoms with Crippen molar-refractivity contribution in [3.63, 3.8) is 0 Å². The normalized spacial score (nSPS) is 19.0. The van der Waals surface area contributed by atoms with E-state index in [-0.39, 0.29) is 31.1 Å². The summed E-state index contributed by atoms with van der Waals surface area (Å²) in [5.41, 5.74) is 1.85. The Bertz CT molecular complexity index is 892. The zero-order valence-electron chi connectivity index (χ0n) is 17.2. The van der Waals surface area contributed by atoms with Crippen LogP contribution in [0.3, 0.4) is 0 Å². The lowest BCUT2D eigenvalue weighted by molar-refractivity contribution is -0.128. The quantitative estimate of drug-likeness (QED) is 0.687. The van der Waals surface area contributed by atoms with E-state index in [2.05, 4.69) is 0 Å². The molecule has 30 heavy (non-hydrogen) atoms. The van der Waals surface area contributed by atoms with E-state index in [1.807, 2.05) is 48.5 Å². The average molecular weight is 409 g/mol. The smallest absolute Gasteiger partial charge is 0.416 e. The molecular formula is C24H27NO5. The lowest BCUT2D eigenvalue weighted by atomic mass is 10.0. The number of hydrogen-bond donors (Lipinski definition) is 0. The first kappa shape index (κ1) is 20.3. The molecule has 2 amide bonds. The van der Waals surface area contributed by atoms with E-state index in [0.717, 1.165) is 24.0 Å². The van der Waals surface area contributed by atoms with Crippen molar-refractivity contribution in [1.29, 1.82) is 0 Å². The number of amides is 2. The summed E-state index contributed by atoms with van der Waals surface area (Å²) in [4.78, 5) is 26.5. The lowest BCUT2D eigenvalue weighted by Gasteiger charge is -2.20. The molecule has 0 radical (unpaired) electrons. The number of cyclic esters (lactones) is 1. The second-order valence-corrected chi connectivity index (χ2v) is 7.87. The molecule has 1 aliphatic carbocycles. The van der Waals surface area contributed by atoms with Crippen LogP contribution in [0.15, 0.2) is 48.5 Å². The minimum absolute atomic E-state index is 0.103. The maximum Gasteiger partial charge on any atom is 0.416 e. The first-order chi connectivity index (χ1) is 14.6. The van der Waals surface area contributed by atoms with Crippen molar-refractivity contribution in [3.8, 4) is 11.5 Å². The van der Waals surface area contributed by atoms with Gasteiger partial charge < -0.3 is 14.2 Å². The fourth-order valence-corrected chi connectivity index (χ4v) is 4.17. The number of nitrogens with zero attached hydrogens (tertiary/aromatic N) is 1. The van der Waals surface area contributed by atoms with Gasteiger partial charge in [-0.2, -0.15) is 0 Å². The molecule has 2 fully saturated rings. The highest BCUT2D eigenvalue weighted by Crippen LogP contribution is 2.33. The molecule has 1 unspecified atom stereocenters. The second-order valence-electron chi connectivity index (χ2n) is 7.87. The molecule has 1 atom stereocenters. The molecule has 2 aliphatic rings. The van der Waals surface area contributed by atoms with Crippen molar-refractivity contribution in [1.82, 2.24) is 4.90 Å². The van der Waals surface area contributed by atoms with Gasteiger partial charge in [0.25, 0.3) is 0 Å². The summed E-state index contributed by atoms with van der Waals surface area (Å²) in [6.45, 7) is 0.220. The van der Waals surface area contributed by atoms with E-state index >= 15 is 0 Å². The van der Waals surface area contributed by atoms with Crippen molar-refractivity contribution in [2.75, 3.05) is 13.7 Å². The number of benzene rings is 2. The summed E-state index contributed by atoms with van der Waals surface area (Å²) < 4.78 is 16.7. The summed E-state index contributed by atoms with van der Waals surface area (Å²) in [6, 6.07) is 15.0. The molecule has 6 heteroatoms. The van der Waals surface area contributed by atoms with Gasteiger partial charge in [-0.05, 0) is 55.4 Å². The van der Waals surface area contributed by atoms with Crippen molar-refractivity contribution >= 4 is 12.0 Å². The fourth-order valence-electron chi connectivity index (χ4n) is 4.17. The van der Waals surface area contributed by atoms with Crippen molar-refractivity contribution in [2.45, 2.75) is 50.7 Å². The number of hydrogen-bond acceptors (Lipinski definition) is 5. The number of carbonyl (C=O) groups excluding carboxylic acids is 2. The predicted molar refractivity (Wildman–Crippen MR) is 112 cm³/mol. The third-order valence-electron chi connectivity index (χ3n) is 5.72. The Morgan fingerprint density at radius 1 is 1.07 bits per heavy atom. The SMILES string of the molecule is COc1ccc(CC(=O)N2C(=O)OCC2Cc2ccccc2)cc1OC1CCCC1. The van der Waals surface area contributed by atoms with E-state index in [0.29, 0.717) is 17.9 Å². The Hall–Kier alpha value is -3.02. The van der Waals surface area contributed by atoms with Crippen LogP contribution >= 0.6 is 0 Å². The number of ether oxygens (including phenoxy) is 3. The largest absolute Gasteiger partial charge is 0.493 e. The summed E-state index contributed by atoms with van der Waals surface area (Å²) in [6.07, 6.45) is 4.71. The predicted octanol–water partition coefficient (Wildman–Crippen LogP) is 4.15. The third kappa shape index (κ3) is 4.58. The van der Waals surface area contributed by atoms with E-state index in [1.165, 1.54) is 17.7 Å². The van der Waals surface area contributed by atoms with Crippen LogP contribution in [0.5, 0.6) is 11.5 Å². The van der Waals surface area contributed by atoms with Crippen LogP contribution in [0.1, 0.15) is 36.8 Å². The van der Waals surface area contributed by atoms with E-state index in [1.54, 1.807) is 7.11 Å². The fraction of sp³-hybridized carbons (Fsp3) is 0.417. The molecule has 1 heterocycles. The van der Waals surface area contributed by atoms with Gasteiger partial charge in [0, 0.05) is 0 Å². The molecule has 1 saturated heterocycles. The first-order valence-corrected chi connectivity index (χ1v) is 10.5. The van der Waals surface area contributed by atoms with Crippen LogP contribution in [0, 0.1) is 0 Å². The zero-order chi connectivity index (χ0) is 20.9. The highest BCUT2D eigenvalue weighted by molar-refractivity contribution is 5.94. The Balaban J connectivity index is 1.47. The minimum atomic E-state index is -0.572. The van der Waals surface area contributed by atoms with Gasteiger partial charge in [-0.15, -0.1) is 0 Å². The molecule has 2 aromatic rings. The monoisotopic (exact) mass is 409 g/mol. The minimum Gasteiger partial charge on any atom is -0.493 e. The molecule has 0 bridgehead atoms. The highest BCUT2D eigenvalue weighted by Gasteiger charge is 2.37. The Morgan fingerprint density at radius 3 is 2.57 bits per heavy atom. The van der Waals surface area contributed by atoms with Crippen molar-refractivity contribution in [2.24, 2.45) is 0 Å². The molecule has 0 spiro atoms.